The molecule has 0 aliphatic carbocycles. The molecular formula is C13H12O3. The van der Waals surface area contributed by atoms with Gasteiger partial charge in [0.1, 0.15) is 18.3 Å². The fraction of sp³-hybridized carbons (Fsp3) is 0.308. The monoisotopic (exact) mass is 216 g/mol. The van der Waals surface area contributed by atoms with Crippen molar-refractivity contribution in [1.82, 2.24) is 0 Å². The lowest BCUT2D eigenvalue weighted by molar-refractivity contribution is -0.147. The summed E-state index contributed by atoms with van der Waals surface area (Å²) >= 11 is 0. The Balaban J connectivity index is 2.14. The Labute approximate surface area is 94.4 Å². The number of fused-ring (bicyclic) bond motifs is 1. The van der Waals surface area contributed by atoms with Gasteiger partial charge in [-0.2, -0.15) is 0 Å². The average molecular weight is 216 g/mol. The largest absolute Gasteiger partial charge is 0.492 e. The van der Waals surface area contributed by atoms with Crippen LogP contribution in [0.4, 0.5) is 0 Å². The maximum Gasteiger partial charge on any atom is 0.318 e. The van der Waals surface area contributed by atoms with Crippen molar-refractivity contribution in [2.45, 2.75) is 18.9 Å². The number of para-hydroxylation sites is 1. The number of hydrogen-bond donors (Lipinski definition) is 0. The van der Waals surface area contributed by atoms with Gasteiger partial charge < -0.3 is 9.47 Å². The van der Waals surface area contributed by atoms with Gasteiger partial charge in [-0.3, -0.25) is 4.79 Å². The molecule has 3 nitrogen and oxygen atoms in total. The highest BCUT2D eigenvalue weighted by atomic mass is 16.5. The van der Waals surface area contributed by atoms with Crippen LogP contribution in [0.15, 0.2) is 24.3 Å². The third-order valence-corrected chi connectivity index (χ3v) is 2.51. The Morgan fingerprint density at radius 2 is 2.38 bits per heavy atom. The van der Waals surface area contributed by atoms with Crippen LogP contribution in [0.2, 0.25) is 0 Å². The third-order valence-electron chi connectivity index (χ3n) is 2.51. The predicted octanol–water partition coefficient (Wildman–Crippen LogP) is 1.73. The molecule has 82 valence electrons. The van der Waals surface area contributed by atoms with E-state index in [1.165, 1.54) is 0 Å². The second-order valence-electron chi connectivity index (χ2n) is 3.65. The first-order valence-electron chi connectivity index (χ1n) is 5.10. The van der Waals surface area contributed by atoms with Crippen molar-refractivity contribution in [2.75, 3.05) is 6.61 Å². The van der Waals surface area contributed by atoms with Gasteiger partial charge in [0.05, 0.1) is 0 Å². The molecule has 1 aromatic carbocycles. The zero-order chi connectivity index (χ0) is 11.5. The molecule has 2 rings (SSSR count). The number of terminal acetylenes is 1. The lowest BCUT2D eigenvalue weighted by atomic mass is 10.0. The second-order valence-corrected chi connectivity index (χ2v) is 3.65. The highest BCUT2D eigenvalue weighted by Gasteiger charge is 2.31. The van der Waals surface area contributed by atoms with Crippen molar-refractivity contribution in [3.63, 3.8) is 0 Å². The van der Waals surface area contributed by atoms with Crippen LogP contribution >= 0.6 is 0 Å². The Morgan fingerprint density at radius 1 is 1.62 bits per heavy atom. The van der Waals surface area contributed by atoms with E-state index in [-0.39, 0.29) is 11.9 Å². The van der Waals surface area contributed by atoms with Crippen LogP contribution in [0, 0.1) is 12.3 Å². The molecule has 1 aliphatic rings. The number of carbonyl (C=O) groups excluding carboxylic acids is 1. The summed E-state index contributed by atoms with van der Waals surface area (Å²) in [5, 5.41) is 0. The lowest BCUT2D eigenvalue weighted by Crippen LogP contribution is -2.21. The van der Waals surface area contributed by atoms with Crippen molar-refractivity contribution < 1.29 is 14.3 Å². The maximum absolute atomic E-state index is 11.8. The summed E-state index contributed by atoms with van der Waals surface area (Å²) in [4.78, 5) is 11.8. The summed E-state index contributed by atoms with van der Waals surface area (Å²) in [6.45, 7) is 2.00. The highest BCUT2D eigenvalue weighted by Crippen LogP contribution is 2.34. The van der Waals surface area contributed by atoms with Crippen LogP contribution in [-0.2, 0) is 9.53 Å². The number of rotatable bonds is 2. The molecule has 1 aromatic rings. The van der Waals surface area contributed by atoms with Gasteiger partial charge in [-0.25, -0.2) is 0 Å². The second kappa shape index (κ2) is 4.28. The van der Waals surface area contributed by atoms with E-state index in [1.54, 1.807) is 6.92 Å². The van der Waals surface area contributed by atoms with Gasteiger partial charge in [-0.1, -0.05) is 24.1 Å². The van der Waals surface area contributed by atoms with E-state index >= 15 is 0 Å². The zero-order valence-corrected chi connectivity index (χ0v) is 8.97. The molecule has 0 saturated heterocycles. The summed E-state index contributed by atoms with van der Waals surface area (Å²) in [5.41, 5.74) is 0.872. The van der Waals surface area contributed by atoms with Crippen molar-refractivity contribution in [1.29, 1.82) is 0 Å². The standard InChI is InChI=1S/C13H12O3/c1-3-9(2)16-13(14)11-8-15-12-7-5-4-6-10(11)12/h1,4-7,9,11H,8H2,2H3/t9-,11+/m0/s1. The van der Waals surface area contributed by atoms with Crippen LogP contribution < -0.4 is 4.74 Å². The molecule has 16 heavy (non-hydrogen) atoms. The molecule has 0 N–H and O–H groups in total. The molecular weight excluding hydrogens is 204 g/mol. The number of carbonyl (C=O) groups is 1. The smallest absolute Gasteiger partial charge is 0.318 e. The van der Waals surface area contributed by atoms with E-state index in [2.05, 4.69) is 5.92 Å². The third kappa shape index (κ3) is 1.87. The fourth-order valence-electron chi connectivity index (χ4n) is 1.65. The topological polar surface area (TPSA) is 35.5 Å². The first-order chi connectivity index (χ1) is 7.72. The van der Waals surface area contributed by atoms with E-state index in [1.807, 2.05) is 24.3 Å². The van der Waals surface area contributed by atoms with E-state index in [0.717, 1.165) is 11.3 Å². The molecule has 0 unspecified atom stereocenters. The van der Waals surface area contributed by atoms with E-state index in [9.17, 15) is 4.79 Å². The van der Waals surface area contributed by atoms with E-state index < -0.39 is 6.10 Å². The van der Waals surface area contributed by atoms with Gasteiger partial charge in [0.25, 0.3) is 0 Å². The molecule has 0 spiro atoms. The average Bonchev–Trinajstić information content (AvgIpc) is 2.72. The molecule has 0 amide bonds. The first-order valence-corrected chi connectivity index (χ1v) is 5.10. The maximum atomic E-state index is 11.8. The normalized spacial score (nSPS) is 19.1. The summed E-state index contributed by atoms with van der Waals surface area (Å²) in [6, 6.07) is 7.46. The van der Waals surface area contributed by atoms with Gasteiger partial charge in [0.15, 0.2) is 6.10 Å². The molecule has 0 fully saturated rings. The molecule has 1 heterocycles. The molecule has 0 aromatic heterocycles. The zero-order valence-electron chi connectivity index (χ0n) is 8.97. The predicted molar refractivity (Wildman–Crippen MR) is 59.1 cm³/mol. The van der Waals surface area contributed by atoms with Gasteiger partial charge in [0, 0.05) is 5.56 Å². The van der Waals surface area contributed by atoms with Gasteiger partial charge >= 0.3 is 5.97 Å². The molecule has 1 aliphatic heterocycles. The van der Waals surface area contributed by atoms with Crippen molar-refractivity contribution >= 4 is 5.97 Å². The van der Waals surface area contributed by atoms with E-state index in [0.29, 0.717) is 6.61 Å². The molecule has 3 heteroatoms. The van der Waals surface area contributed by atoms with Crippen LogP contribution in [-0.4, -0.2) is 18.7 Å². The first kappa shape index (κ1) is 10.6. The summed E-state index contributed by atoms with van der Waals surface area (Å²) < 4.78 is 10.5. The van der Waals surface area contributed by atoms with Crippen LogP contribution in [0.1, 0.15) is 18.4 Å². The Bertz CT molecular complexity index is 445. The number of esters is 1. The lowest BCUT2D eigenvalue weighted by Gasteiger charge is -2.11. The Morgan fingerprint density at radius 3 is 3.12 bits per heavy atom. The van der Waals surface area contributed by atoms with Crippen molar-refractivity contribution in [2.24, 2.45) is 0 Å². The summed E-state index contributed by atoms with van der Waals surface area (Å²) in [7, 11) is 0. The van der Waals surface area contributed by atoms with Gasteiger partial charge in [-0.05, 0) is 13.0 Å². The van der Waals surface area contributed by atoms with Crippen LogP contribution in [0.25, 0.3) is 0 Å². The minimum Gasteiger partial charge on any atom is -0.492 e. The molecule has 0 saturated carbocycles. The number of ether oxygens (including phenoxy) is 2. The molecule has 2 atom stereocenters. The highest BCUT2D eigenvalue weighted by molar-refractivity contribution is 5.80. The fourth-order valence-corrected chi connectivity index (χ4v) is 1.65. The molecule has 0 radical (unpaired) electrons. The van der Waals surface area contributed by atoms with Crippen molar-refractivity contribution in [3.8, 4) is 18.1 Å². The summed E-state index contributed by atoms with van der Waals surface area (Å²) in [6.07, 6.45) is 4.66. The van der Waals surface area contributed by atoms with Gasteiger partial charge in [-0.15, -0.1) is 6.42 Å². The van der Waals surface area contributed by atoms with Crippen molar-refractivity contribution in [3.05, 3.63) is 29.8 Å². The number of hydrogen-bond acceptors (Lipinski definition) is 3. The van der Waals surface area contributed by atoms with Crippen LogP contribution in [0.3, 0.4) is 0 Å². The Kier molecular flexibility index (Phi) is 2.82. The Hall–Kier alpha value is -1.95. The quantitative estimate of drug-likeness (QED) is 0.558. The summed E-state index contributed by atoms with van der Waals surface area (Å²) in [5.74, 6) is 2.43. The number of benzene rings is 1. The SMILES string of the molecule is C#C[C@H](C)OC(=O)[C@@H]1COc2ccccc21. The minimum atomic E-state index is -0.500. The van der Waals surface area contributed by atoms with Gasteiger partial charge in [0.2, 0.25) is 0 Å². The molecule has 0 bridgehead atoms. The minimum absolute atomic E-state index is 0.324. The van der Waals surface area contributed by atoms with Crippen LogP contribution in [0.5, 0.6) is 5.75 Å². The van der Waals surface area contributed by atoms with E-state index in [4.69, 9.17) is 15.9 Å².